The minimum Gasteiger partial charge on any atom is -0.394 e. The number of aliphatic hydroxyl groups is 5. The highest BCUT2D eigenvalue weighted by Gasteiger charge is 2.45. The molecule has 5 N–H and O–H groups in total. The van der Waals surface area contributed by atoms with E-state index in [1.807, 2.05) is 0 Å². The molecule has 1 aliphatic carbocycles. The molecule has 0 radical (unpaired) electrons. The Bertz CT molecular complexity index is 285. The van der Waals surface area contributed by atoms with Gasteiger partial charge in [-0.15, -0.1) is 0 Å². The second kappa shape index (κ2) is 6.45. The maximum absolute atomic E-state index is 9.81. The molecule has 112 valence electrons. The largest absolute Gasteiger partial charge is 0.394 e. The Morgan fingerprint density at radius 2 is 1.63 bits per heavy atom. The fraction of sp³-hybridized carbons (Fsp3) is 1.00. The highest BCUT2D eigenvalue weighted by atomic mass is 16.7. The Hall–Kier alpha value is -0.280. The number of hydrogen-bond acceptors (Lipinski definition) is 7. The van der Waals surface area contributed by atoms with E-state index in [-0.39, 0.29) is 0 Å². The predicted molar refractivity (Wildman–Crippen MR) is 63.1 cm³/mol. The van der Waals surface area contributed by atoms with Crippen LogP contribution >= 0.6 is 0 Å². The molecule has 0 aromatic rings. The van der Waals surface area contributed by atoms with Crippen molar-refractivity contribution in [3.8, 4) is 0 Å². The summed E-state index contributed by atoms with van der Waals surface area (Å²) in [7, 11) is 0. The second-order valence-corrected chi connectivity index (χ2v) is 5.22. The van der Waals surface area contributed by atoms with Crippen molar-refractivity contribution in [3.63, 3.8) is 0 Å². The van der Waals surface area contributed by atoms with Gasteiger partial charge < -0.3 is 35.0 Å². The highest BCUT2D eigenvalue weighted by Crippen LogP contribution is 2.27. The van der Waals surface area contributed by atoms with Gasteiger partial charge in [0, 0.05) is 0 Å². The molecule has 7 heteroatoms. The summed E-state index contributed by atoms with van der Waals surface area (Å²) >= 11 is 0. The van der Waals surface area contributed by atoms with Crippen molar-refractivity contribution in [2.45, 2.75) is 68.6 Å². The second-order valence-electron chi connectivity index (χ2n) is 5.22. The van der Waals surface area contributed by atoms with E-state index in [1.165, 1.54) is 0 Å². The molecular weight excluding hydrogens is 256 g/mol. The fourth-order valence-electron chi connectivity index (χ4n) is 2.59. The van der Waals surface area contributed by atoms with Gasteiger partial charge in [0.2, 0.25) is 0 Å². The summed E-state index contributed by atoms with van der Waals surface area (Å²) in [5, 5.41) is 47.9. The molecule has 2 rings (SSSR count). The lowest BCUT2D eigenvalue weighted by atomic mass is 9.94. The van der Waals surface area contributed by atoms with E-state index in [4.69, 9.17) is 14.6 Å². The minimum absolute atomic E-state index is 0.463. The van der Waals surface area contributed by atoms with Gasteiger partial charge in [-0.1, -0.05) is 12.8 Å². The third-order valence-electron chi connectivity index (χ3n) is 3.83. The summed E-state index contributed by atoms with van der Waals surface area (Å²) in [5.41, 5.74) is 0. The van der Waals surface area contributed by atoms with Crippen molar-refractivity contribution in [2.24, 2.45) is 0 Å². The molecule has 0 aromatic heterocycles. The first-order valence-electron chi connectivity index (χ1n) is 6.68. The zero-order chi connectivity index (χ0) is 14.0. The van der Waals surface area contributed by atoms with E-state index in [0.29, 0.717) is 12.8 Å². The molecule has 0 amide bonds. The van der Waals surface area contributed by atoms with Crippen LogP contribution in [0.3, 0.4) is 0 Å². The fourth-order valence-corrected chi connectivity index (χ4v) is 2.59. The average Bonchev–Trinajstić information content (AvgIpc) is 2.41. The van der Waals surface area contributed by atoms with Crippen molar-refractivity contribution >= 4 is 0 Å². The zero-order valence-electron chi connectivity index (χ0n) is 10.6. The number of aliphatic hydroxyl groups excluding tert-OH is 5. The average molecular weight is 278 g/mol. The minimum atomic E-state index is -1.45. The topological polar surface area (TPSA) is 120 Å². The number of rotatable bonds is 3. The third kappa shape index (κ3) is 3.25. The Morgan fingerprint density at radius 3 is 2.26 bits per heavy atom. The van der Waals surface area contributed by atoms with Crippen LogP contribution in [0.4, 0.5) is 0 Å². The number of ether oxygens (including phenoxy) is 2. The van der Waals surface area contributed by atoms with Crippen molar-refractivity contribution in [2.75, 3.05) is 6.61 Å². The maximum atomic E-state index is 9.81. The SMILES string of the molecule is OC[C@H]1OC(OC2CCCCC2O)[C@H](O)[C@@H](O)[C@@H]1O. The molecule has 0 bridgehead atoms. The summed E-state index contributed by atoms with van der Waals surface area (Å²) < 4.78 is 10.7. The molecule has 1 aliphatic heterocycles. The summed E-state index contributed by atoms with van der Waals surface area (Å²) in [6, 6.07) is 0. The van der Waals surface area contributed by atoms with Gasteiger partial charge in [-0.3, -0.25) is 0 Å². The first kappa shape index (κ1) is 15.1. The molecule has 7 atom stereocenters. The molecule has 2 aliphatic rings. The van der Waals surface area contributed by atoms with Crippen LogP contribution in [0, 0.1) is 0 Å². The third-order valence-corrected chi connectivity index (χ3v) is 3.83. The predicted octanol–water partition coefficient (Wildman–Crippen LogP) is -1.89. The van der Waals surface area contributed by atoms with Gasteiger partial charge in [-0.05, 0) is 12.8 Å². The Kier molecular flexibility index (Phi) is 5.13. The van der Waals surface area contributed by atoms with Crippen LogP contribution < -0.4 is 0 Å². The highest BCUT2D eigenvalue weighted by molar-refractivity contribution is 4.89. The van der Waals surface area contributed by atoms with Gasteiger partial charge in [0.25, 0.3) is 0 Å². The lowest BCUT2D eigenvalue weighted by Crippen LogP contribution is -2.60. The van der Waals surface area contributed by atoms with Crippen LogP contribution in [-0.4, -0.2) is 75.1 Å². The lowest BCUT2D eigenvalue weighted by Gasteiger charge is -2.42. The van der Waals surface area contributed by atoms with Crippen molar-refractivity contribution in [1.29, 1.82) is 0 Å². The summed E-state index contributed by atoms with van der Waals surface area (Å²) in [5.74, 6) is 0. The van der Waals surface area contributed by atoms with E-state index in [2.05, 4.69) is 0 Å². The number of hydrogen-bond donors (Lipinski definition) is 5. The van der Waals surface area contributed by atoms with Gasteiger partial charge in [-0.25, -0.2) is 0 Å². The zero-order valence-corrected chi connectivity index (χ0v) is 10.6. The van der Waals surface area contributed by atoms with Crippen LogP contribution in [-0.2, 0) is 9.47 Å². The van der Waals surface area contributed by atoms with E-state index < -0.39 is 49.5 Å². The Balaban J connectivity index is 1.98. The molecule has 0 aromatic carbocycles. The lowest BCUT2D eigenvalue weighted by molar-refractivity contribution is -0.318. The van der Waals surface area contributed by atoms with Crippen LogP contribution in [0.2, 0.25) is 0 Å². The van der Waals surface area contributed by atoms with Crippen LogP contribution in [0.1, 0.15) is 25.7 Å². The van der Waals surface area contributed by atoms with E-state index in [1.54, 1.807) is 0 Å². The molecular formula is C12H22O7. The molecule has 2 fully saturated rings. The van der Waals surface area contributed by atoms with Crippen molar-refractivity contribution in [3.05, 3.63) is 0 Å². The van der Waals surface area contributed by atoms with Crippen LogP contribution in [0.15, 0.2) is 0 Å². The quantitative estimate of drug-likeness (QED) is 0.409. The van der Waals surface area contributed by atoms with Crippen molar-refractivity contribution in [1.82, 2.24) is 0 Å². The van der Waals surface area contributed by atoms with Gasteiger partial charge in [0.05, 0.1) is 18.8 Å². The monoisotopic (exact) mass is 278 g/mol. The molecule has 19 heavy (non-hydrogen) atoms. The Morgan fingerprint density at radius 1 is 0.947 bits per heavy atom. The smallest absolute Gasteiger partial charge is 0.187 e. The van der Waals surface area contributed by atoms with E-state index in [9.17, 15) is 20.4 Å². The molecule has 1 saturated carbocycles. The molecule has 1 heterocycles. The standard InChI is InChI=1S/C12H22O7/c13-5-8-9(15)10(16)11(17)12(19-8)18-7-4-2-1-3-6(7)14/h6-17H,1-5H2/t6?,7?,8-,9-,10+,11-,12?/m1/s1. The van der Waals surface area contributed by atoms with Gasteiger partial charge in [-0.2, -0.15) is 0 Å². The molecule has 7 nitrogen and oxygen atoms in total. The maximum Gasteiger partial charge on any atom is 0.187 e. The van der Waals surface area contributed by atoms with E-state index in [0.717, 1.165) is 12.8 Å². The summed E-state index contributed by atoms with van der Waals surface area (Å²) in [4.78, 5) is 0. The normalized spacial score (nSPS) is 48.2. The Labute approximate surface area is 111 Å². The summed E-state index contributed by atoms with van der Waals surface area (Å²) in [6.45, 7) is -0.488. The van der Waals surface area contributed by atoms with Gasteiger partial charge in [0.15, 0.2) is 6.29 Å². The van der Waals surface area contributed by atoms with E-state index >= 15 is 0 Å². The van der Waals surface area contributed by atoms with Gasteiger partial charge in [0.1, 0.15) is 24.4 Å². The van der Waals surface area contributed by atoms with Crippen LogP contribution in [0.5, 0.6) is 0 Å². The first-order valence-corrected chi connectivity index (χ1v) is 6.68. The molecule has 0 spiro atoms. The van der Waals surface area contributed by atoms with Gasteiger partial charge >= 0.3 is 0 Å². The summed E-state index contributed by atoms with van der Waals surface area (Å²) in [6.07, 6.45) is -4.36. The first-order chi connectivity index (χ1) is 9.04. The van der Waals surface area contributed by atoms with Crippen LogP contribution in [0.25, 0.3) is 0 Å². The van der Waals surface area contributed by atoms with Crippen molar-refractivity contribution < 1.29 is 35.0 Å². The molecule has 1 saturated heterocycles. The molecule has 3 unspecified atom stereocenters.